The Hall–Kier alpha value is -2.53. The lowest BCUT2D eigenvalue weighted by molar-refractivity contribution is 0.0851. The largest absolute Gasteiger partial charge is 0.497 e. The third-order valence-corrected chi connectivity index (χ3v) is 4.76. The van der Waals surface area contributed by atoms with Gasteiger partial charge in [0.25, 0.3) is 0 Å². The highest BCUT2D eigenvalue weighted by molar-refractivity contribution is 6.31. The van der Waals surface area contributed by atoms with Crippen LogP contribution in [0.3, 0.4) is 0 Å². The number of rotatable bonds is 4. The molecule has 0 aromatic heterocycles. The molecule has 0 saturated carbocycles. The molecule has 0 aliphatic carbocycles. The molecule has 2 aromatic rings. The molecule has 1 fully saturated rings. The number of benzene rings is 2. The van der Waals surface area contributed by atoms with Gasteiger partial charge in [0, 0.05) is 35.3 Å². The zero-order chi connectivity index (χ0) is 18.5. The summed E-state index contributed by atoms with van der Waals surface area (Å²) >= 11 is 5.98. The molecular weight excluding hydrogens is 352 g/mol. The molecule has 3 rings (SSSR count). The summed E-state index contributed by atoms with van der Waals surface area (Å²) in [6.45, 7) is 1.05. The van der Waals surface area contributed by atoms with E-state index in [4.69, 9.17) is 16.3 Å². The number of halogens is 1. The Morgan fingerprint density at radius 2 is 1.96 bits per heavy atom. The third-order valence-electron chi connectivity index (χ3n) is 4.53. The van der Waals surface area contributed by atoms with Crippen LogP contribution >= 0.6 is 11.6 Å². The maximum atomic E-state index is 12.7. The van der Waals surface area contributed by atoms with Gasteiger partial charge in [-0.15, -0.1) is 0 Å². The van der Waals surface area contributed by atoms with Crippen LogP contribution in [-0.4, -0.2) is 36.9 Å². The molecule has 0 bridgehead atoms. The molecule has 0 spiro atoms. The summed E-state index contributed by atoms with van der Waals surface area (Å²) in [4.78, 5) is 26.9. The standard InChI is InChI=1S/C20H21ClN2O3/c1-26-18-9-7-17(8-10-18)22-20(25)23-11-3-5-15(13-23)19(24)14-4-2-6-16(21)12-14/h2,4,6-10,12,15H,3,5,11,13H2,1H3,(H,22,25)/t15-/m0/s1. The lowest BCUT2D eigenvalue weighted by Crippen LogP contribution is -2.44. The number of likely N-dealkylation sites (tertiary alicyclic amines) is 1. The first-order valence-electron chi connectivity index (χ1n) is 8.56. The van der Waals surface area contributed by atoms with Crippen LogP contribution in [0.25, 0.3) is 0 Å². The number of urea groups is 1. The number of ketones is 1. The fourth-order valence-corrected chi connectivity index (χ4v) is 3.32. The van der Waals surface area contributed by atoms with Gasteiger partial charge in [-0.3, -0.25) is 4.79 Å². The van der Waals surface area contributed by atoms with E-state index in [0.717, 1.165) is 18.6 Å². The lowest BCUT2D eigenvalue weighted by atomic mass is 9.90. The van der Waals surface area contributed by atoms with E-state index in [1.54, 1.807) is 60.5 Å². The van der Waals surface area contributed by atoms with E-state index in [2.05, 4.69) is 5.32 Å². The molecule has 0 radical (unpaired) electrons. The number of carbonyl (C=O) groups excluding carboxylic acids is 2. The summed E-state index contributed by atoms with van der Waals surface area (Å²) in [5, 5.41) is 3.41. The number of amides is 2. The first-order chi connectivity index (χ1) is 12.6. The van der Waals surface area contributed by atoms with Crippen LogP contribution < -0.4 is 10.1 Å². The van der Waals surface area contributed by atoms with E-state index in [-0.39, 0.29) is 17.7 Å². The van der Waals surface area contributed by atoms with Crippen molar-refractivity contribution in [1.29, 1.82) is 0 Å². The Morgan fingerprint density at radius 3 is 2.65 bits per heavy atom. The van der Waals surface area contributed by atoms with Crippen molar-refractivity contribution < 1.29 is 14.3 Å². The van der Waals surface area contributed by atoms with E-state index < -0.39 is 0 Å². The van der Waals surface area contributed by atoms with E-state index in [1.807, 2.05) is 0 Å². The van der Waals surface area contributed by atoms with Crippen molar-refractivity contribution in [2.24, 2.45) is 5.92 Å². The van der Waals surface area contributed by atoms with Crippen molar-refractivity contribution in [3.05, 3.63) is 59.1 Å². The first kappa shape index (κ1) is 18.3. The van der Waals surface area contributed by atoms with Gasteiger partial charge in [-0.25, -0.2) is 4.79 Å². The second-order valence-electron chi connectivity index (χ2n) is 6.32. The normalized spacial score (nSPS) is 16.8. The molecule has 0 unspecified atom stereocenters. The number of anilines is 1. The molecule has 6 heteroatoms. The zero-order valence-electron chi connectivity index (χ0n) is 14.6. The number of hydrogen-bond acceptors (Lipinski definition) is 3. The number of nitrogens with one attached hydrogen (secondary N) is 1. The van der Waals surface area contributed by atoms with E-state index >= 15 is 0 Å². The summed E-state index contributed by atoms with van der Waals surface area (Å²) in [7, 11) is 1.60. The number of ether oxygens (including phenoxy) is 1. The summed E-state index contributed by atoms with van der Waals surface area (Å²) in [5.74, 6) is 0.562. The summed E-state index contributed by atoms with van der Waals surface area (Å²) in [5.41, 5.74) is 1.29. The SMILES string of the molecule is COc1ccc(NC(=O)N2CCC[C@H](C(=O)c3cccc(Cl)c3)C2)cc1. The Labute approximate surface area is 157 Å². The molecule has 1 N–H and O–H groups in total. The summed E-state index contributed by atoms with van der Waals surface area (Å²) < 4.78 is 5.11. The summed E-state index contributed by atoms with van der Waals surface area (Å²) in [6.07, 6.45) is 1.57. The number of hydrogen-bond donors (Lipinski definition) is 1. The van der Waals surface area contributed by atoms with Gasteiger partial charge >= 0.3 is 6.03 Å². The monoisotopic (exact) mass is 372 g/mol. The average Bonchev–Trinajstić information content (AvgIpc) is 2.68. The van der Waals surface area contributed by atoms with Crippen LogP contribution in [0.5, 0.6) is 5.75 Å². The highest BCUT2D eigenvalue weighted by atomic mass is 35.5. The topological polar surface area (TPSA) is 58.6 Å². The van der Waals surface area contributed by atoms with Crippen molar-refractivity contribution >= 4 is 29.1 Å². The molecule has 1 aliphatic rings. The highest BCUT2D eigenvalue weighted by Crippen LogP contribution is 2.23. The number of nitrogens with zero attached hydrogens (tertiary/aromatic N) is 1. The fraction of sp³-hybridized carbons (Fsp3) is 0.300. The van der Waals surface area contributed by atoms with Gasteiger partial charge in [0.2, 0.25) is 0 Å². The van der Waals surface area contributed by atoms with Gasteiger partial charge in [-0.05, 0) is 49.2 Å². The molecular formula is C20H21ClN2O3. The van der Waals surface area contributed by atoms with Gasteiger partial charge in [-0.1, -0.05) is 23.7 Å². The maximum absolute atomic E-state index is 12.7. The van der Waals surface area contributed by atoms with Gasteiger partial charge in [0.15, 0.2) is 5.78 Å². The van der Waals surface area contributed by atoms with E-state index in [0.29, 0.717) is 29.4 Å². The van der Waals surface area contributed by atoms with Crippen molar-refractivity contribution in [2.45, 2.75) is 12.8 Å². The predicted molar refractivity (Wildman–Crippen MR) is 102 cm³/mol. The van der Waals surface area contributed by atoms with Crippen molar-refractivity contribution in [2.75, 3.05) is 25.5 Å². The Balaban J connectivity index is 1.63. The fourth-order valence-electron chi connectivity index (χ4n) is 3.13. The van der Waals surface area contributed by atoms with Crippen LogP contribution in [0.2, 0.25) is 5.02 Å². The number of carbonyl (C=O) groups is 2. The minimum absolute atomic E-state index is 0.0365. The van der Waals surface area contributed by atoms with Crippen LogP contribution in [-0.2, 0) is 0 Å². The van der Waals surface area contributed by atoms with Crippen LogP contribution in [0.4, 0.5) is 10.5 Å². The molecule has 1 aliphatic heterocycles. The van der Waals surface area contributed by atoms with Crippen molar-refractivity contribution in [1.82, 2.24) is 4.90 Å². The average molecular weight is 373 g/mol. The molecule has 1 atom stereocenters. The van der Waals surface area contributed by atoms with Gasteiger partial charge < -0.3 is 15.0 Å². The molecule has 2 aromatic carbocycles. The molecule has 136 valence electrons. The molecule has 5 nitrogen and oxygen atoms in total. The maximum Gasteiger partial charge on any atom is 0.321 e. The number of piperidine rings is 1. The Morgan fingerprint density at radius 1 is 1.19 bits per heavy atom. The number of Topliss-reactive ketones (excluding diaryl/α,β-unsaturated/α-hetero) is 1. The van der Waals surface area contributed by atoms with Crippen molar-refractivity contribution in [3.63, 3.8) is 0 Å². The van der Waals surface area contributed by atoms with Crippen LogP contribution in [0.15, 0.2) is 48.5 Å². The molecule has 2 amide bonds. The number of methoxy groups -OCH3 is 1. The second kappa shape index (κ2) is 8.23. The highest BCUT2D eigenvalue weighted by Gasteiger charge is 2.29. The Bertz CT molecular complexity index is 792. The summed E-state index contributed by atoms with van der Waals surface area (Å²) in [6, 6.07) is 13.9. The Kier molecular flexibility index (Phi) is 5.78. The minimum atomic E-state index is -0.205. The molecule has 1 saturated heterocycles. The van der Waals surface area contributed by atoms with E-state index in [9.17, 15) is 9.59 Å². The second-order valence-corrected chi connectivity index (χ2v) is 6.75. The van der Waals surface area contributed by atoms with Gasteiger partial charge in [0.05, 0.1) is 7.11 Å². The smallest absolute Gasteiger partial charge is 0.321 e. The minimum Gasteiger partial charge on any atom is -0.497 e. The van der Waals surface area contributed by atoms with Crippen LogP contribution in [0.1, 0.15) is 23.2 Å². The van der Waals surface area contributed by atoms with Gasteiger partial charge in [-0.2, -0.15) is 0 Å². The molecule has 26 heavy (non-hydrogen) atoms. The molecule has 1 heterocycles. The van der Waals surface area contributed by atoms with Gasteiger partial charge in [0.1, 0.15) is 5.75 Å². The van der Waals surface area contributed by atoms with Crippen LogP contribution in [0, 0.1) is 5.92 Å². The predicted octanol–water partition coefficient (Wildman–Crippen LogP) is 4.48. The zero-order valence-corrected chi connectivity index (χ0v) is 15.3. The quantitative estimate of drug-likeness (QED) is 0.805. The first-order valence-corrected chi connectivity index (χ1v) is 8.94. The lowest BCUT2D eigenvalue weighted by Gasteiger charge is -2.32. The third kappa shape index (κ3) is 4.35. The van der Waals surface area contributed by atoms with E-state index in [1.165, 1.54) is 0 Å². The van der Waals surface area contributed by atoms with Crippen molar-refractivity contribution in [3.8, 4) is 5.75 Å².